The maximum absolute atomic E-state index is 14.1. The first kappa shape index (κ1) is 17.5. The standard InChI is InChI=1S/C16H14F2N4O4/c1-8-5-12(21-26-8)19-13(23)7-22-14(24)16(2,20-15(22)25)10-6-9(17)3-4-11(10)18/h3-6H,7H2,1-2H3,(H,20,25)(H,19,21,23). The van der Waals surface area contributed by atoms with Gasteiger partial charge in [-0.3, -0.25) is 14.5 Å². The number of hydrogen-bond acceptors (Lipinski definition) is 5. The highest BCUT2D eigenvalue weighted by atomic mass is 19.1. The van der Waals surface area contributed by atoms with Crippen molar-refractivity contribution >= 4 is 23.7 Å². The van der Waals surface area contributed by atoms with E-state index in [9.17, 15) is 23.2 Å². The van der Waals surface area contributed by atoms with Gasteiger partial charge in [0.2, 0.25) is 5.91 Å². The number of aryl methyl sites for hydroxylation is 1. The summed E-state index contributed by atoms with van der Waals surface area (Å²) in [6.45, 7) is 2.24. The second-order valence-electron chi connectivity index (χ2n) is 5.94. The lowest BCUT2D eigenvalue weighted by atomic mass is 9.91. The summed E-state index contributed by atoms with van der Waals surface area (Å²) in [7, 11) is 0. The summed E-state index contributed by atoms with van der Waals surface area (Å²) in [6, 6.07) is 3.14. The number of anilines is 1. The number of nitrogens with zero attached hydrogens (tertiary/aromatic N) is 2. The predicted octanol–water partition coefficient (Wildman–Crippen LogP) is 1.67. The number of imide groups is 1. The number of rotatable bonds is 4. The van der Waals surface area contributed by atoms with Crippen LogP contribution in [0, 0.1) is 18.6 Å². The topological polar surface area (TPSA) is 105 Å². The molecule has 1 fully saturated rings. The fourth-order valence-corrected chi connectivity index (χ4v) is 2.66. The Labute approximate surface area is 146 Å². The Kier molecular flexibility index (Phi) is 4.18. The molecule has 4 amide bonds. The fraction of sp³-hybridized carbons (Fsp3) is 0.250. The first-order valence-electron chi connectivity index (χ1n) is 7.53. The van der Waals surface area contributed by atoms with Crippen LogP contribution >= 0.6 is 0 Å². The molecule has 1 unspecified atom stereocenters. The van der Waals surface area contributed by atoms with Gasteiger partial charge in [0.15, 0.2) is 5.82 Å². The van der Waals surface area contributed by atoms with Crippen molar-refractivity contribution in [3.8, 4) is 0 Å². The lowest BCUT2D eigenvalue weighted by Crippen LogP contribution is -2.42. The Bertz CT molecular complexity index is 913. The average molecular weight is 364 g/mol. The number of benzene rings is 1. The van der Waals surface area contributed by atoms with Crippen molar-refractivity contribution in [2.45, 2.75) is 19.4 Å². The first-order valence-corrected chi connectivity index (χ1v) is 7.53. The summed E-state index contributed by atoms with van der Waals surface area (Å²) < 4.78 is 32.3. The number of urea groups is 1. The third-order valence-corrected chi connectivity index (χ3v) is 3.94. The minimum absolute atomic E-state index is 0.124. The molecule has 26 heavy (non-hydrogen) atoms. The highest BCUT2D eigenvalue weighted by Gasteiger charge is 2.50. The minimum Gasteiger partial charge on any atom is -0.360 e. The molecule has 2 heterocycles. The quantitative estimate of drug-likeness (QED) is 0.803. The normalized spacial score (nSPS) is 19.6. The molecule has 1 aliphatic rings. The van der Waals surface area contributed by atoms with Crippen molar-refractivity contribution in [1.82, 2.24) is 15.4 Å². The van der Waals surface area contributed by atoms with Crippen molar-refractivity contribution in [3.63, 3.8) is 0 Å². The van der Waals surface area contributed by atoms with Crippen LogP contribution in [0.2, 0.25) is 0 Å². The molecule has 0 saturated carbocycles. The van der Waals surface area contributed by atoms with E-state index in [0.29, 0.717) is 10.7 Å². The lowest BCUT2D eigenvalue weighted by molar-refractivity contribution is -0.133. The molecule has 1 aromatic carbocycles. The first-order chi connectivity index (χ1) is 12.2. The van der Waals surface area contributed by atoms with Gasteiger partial charge in [-0.15, -0.1) is 0 Å². The van der Waals surface area contributed by atoms with Gasteiger partial charge in [-0.1, -0.05) is 5.16 Å². The highest BCUT2D eigenvalue weighted by Crippen LogP contribution is 2.31. The zero-order valence-electron chi connectivity index (χ0n) is 13.8. The van der Waals surface area contributed by atoms with Gasteiger partial charge in [0.05, 0.1) is 0 Å². The van der Waals surface area contributed by atoms with Crippen molar-refractivity contribution in [3.05, 3.63) is 47.2 Å². The molecule has 0 radical (unpaired) electrons. The molecule has 1 aliphatic heterocycles. The molecule has 136 valence electrons. The van der Waals surface area contributed by atoms with Crippen LogP contribution in [0.1, 0.15) is 18.2 Å². The van der Waals surface area contributed by atoms with Crippen LogP contribution < -0.4 is 10.6 Å². The Morgan fingerprint density at radius 2 is 2.08 bits per heavy atom. The molecule has 1 aromatic heterocycles. The second-order valence-corrected chi connectivity index (χ2v) is 5.94. The molecule has 0 spiro atoms. The summed E-state index contributed by atoms with van der Waals surface area (Å²) in [5.41, 5.74) is -2.15. The predicted molar refractivity (Wildman–Crippen MR) is 83.8 cm³/mol. The molecule has 2 N–H and O–H groups in total. The fourth-order valence-electron chi connectivity index (χ4n) is 2.66. The number of carbonyl (C=O) groups excluding carboxylic acids is 3. The van der Waals surface area contributed by atoms with Gasteiger partial charge >= 0.3 is 6.03 Å². The zero-order valence-corrected chi connectivity index (χ0v) is 13.8. The van der Waals surface area contributed by atoms with Crippen molar-refractivity contribution < 1.29 is 27.7 Å². The van der Waals surface area contributed by atoms with E-state index >= 15 is 0 Å². The van der Waals surface area contributed by atoms with Gasteiger partial charge in [-0.05, 0) is 32.0 Å². The third kappa shape index (κ3) is 3.01. The molecule has 1 saturated heterocycles. The van der Waals surface area contributed by atoms with Gasteiger partial charge in [-0.2, -0.15) is 0 Å². The SMILES string of the molecule is Cc1cc(NC(=O)CN2C(=O)NC(C)(c3cc(F)ccc3F)C2=O)no1. The van der Waals surface area contributed by atoms with Gasteiger partial charge in [-0.25, -0.2) is 13.6 Å². The monoisotopic (exact) mass is 364 g/mol. The summed E-state index contributed by atoms with van der Waals surface area (Å²) in [6.07, 6.45) is 0. The van der Waals surface area contributed by atoms with Crippen LogP contribution in [-0.2, 0) is 15.1 Å². The lowest BCUT2D eigenvalue weighted by Gasteiger charge is -2.22. The number of hydrogen-bond donors (Lipinski definition) is 2. The maximum atomic E-state index is 14.1. The molecule has 0 bridgehead atoms. The van der Waals surface area contributed by atoms with E-state index in [2.05, 4.69) is 15.8 Å². The van der Waals surface area contributed by atoms with E-state index in [4.69, 9.17) is 4.52 Å². The highest BCUT2D eigenvalue weighted by molar-refractivity contribution is 6.10. The Morgan fingerprint density at radius 1 is 1.35 bits per heavy atom. The van der Waals surface area contributed by atoms with Gasteiger partial charge in [0.25, 0.3) is 5.91 Å². The van der Waals surface area contributed by atoms with Crippen LogP contribution in [-0.4, -0.2) is 34.4 Å². The molecule has 2 aromatic rings. The van der Waals surface area contributed by atoms with E-state index in [1.165, 1.54) is 13.0 Å². The number of carbonyl (C=O) groups is 3. The van der Waals surface area contributed by atoms with Gasteiger partial charge in [0.1, 0.15) is 29.5 Å². The second kappa shape index (κ2) is 6.21. The molecule has 10 heteroatoms. The number of amides is 4. The van der Waals surface area contributed by atoms with Gasteiger partial charge < -0.3 is 15.2 Å². The minimum atomic E-state index is -1.83. The van der Waals surface area contributed by atoms with Crippen LogP contribution in [0.15, 0.2) is 28.8 Å². The van der Waals surface area contributed by atoms with Crippen molar-refractivity contribution in [2.75, 3.05) is 11.9 Å². The number of halogens is 2. The molecule has 1 atom stereocenters. The van der Waals surface area contributed by atoms with E-state index in [1.54, 1.807) is 6.92 Å². The third-order valence-electron chi connectivity index (χ3n) is 3.94. The van der Waals surface area contributed by atoms with Crippen molar-refractivity contribution in [2.24, 2.45) is 0 Å². The molecular formula is C16H14F2N4O4. The summed E-state index contributed by atoms with van der Waals surface area (Å²) in [4.78, 5) is 37.4. The van der Waals surface area contributed by atoms with E-state index in [0.717, 1.165) is 18.2 Å². The summed E-state index contributed by atoms with van der Waals surface area (Å²) in [5, 5.41) is 8.23. The zero-order chi connectivity index (χ0) is 19.1. The smallest absolute Gasteiger partial charge is 0.325 e. The van der Waals surface area contributed by atoms with E-state index in [1.807, 2.05) is 0 Å². The van der Waals surface area contributed by atoms with Crippen LogP contribution in [0.5, 0.6) is 0 Å². The number of aromatic nitrogens is 1. The van der Waals surface area contributed by atoms with Gasteiger partial charge in [0, 0.05) is 11.6 Å². The Morgan fingerprint density at radius 3 is 2.73 bits per heavy atom. The van der Waals surface area contributed by atoms with Crippen LogP contribution in [0.4, 0.5) is 19.4 Å². The van der Waals surface area contributed by atoms with Crippen LogP contribution in [0.25, 0.3) is 0 Å². The van der Waals surface area contributed by atoms with Crippen LogP contribution in [0.3, 0.4) is 0 Å². The summed E-state index contributed by atoms with van der Waals surface area (Å²) >= 11 is 0. The molecule has 8 nitrogen and oxygen atoms in total. The maximum Gasteiger partial charge on any atom is 0.325 e. The Hall–Kier alpha value is -3.30. The average Bonchev–Trinajstić information content (AvgIpc) is 3.06. The van der Waals surface area contributed by atoms with E-state index in [-0.39, 0.29) is 11.4 Å². The number of nitrogens with one attached hydrogen (secondary N) is 2. The largest absolute Gasteiger partial charge is 0.360 e. The van der Waals surface area contributed by atoms with Crippen molar-refractivity contribution in [1.29, 1.82) is 0 Å². The Balaban J connectivity index is 1.80. The molecular weight excluding hydrogens is 350 g/mol. The van der Waals surface area contributed by atoms with E-state index < -0.39 is 41.6 Å². The summed E-state index contributed by atoms with van der Waals surface area (Å²) in [5.74, 6) is -2.61. The molecule has 3 rings (SSSR count). The molecule has 0 aliphatic carbocycles.